The topological polar surface area (TPSA) is 12.0 Å². The summed E-state index contributed by atoms with van der Waals surface area (Å²) < 4.78 is 1.14. The first kappa shape index (κ1) is 12.1. The molecular weight excluding hydrogens is 306 g/mol. The average molecular weight is 320 g/mol. The van der Waals surface area contributed by atoms with Crippen LogP contribution in [-0.2, 0) is 6.42 Å². The van der Waals surface area contributed by atoms with Crippen LogP contribution in [0.3, 0.4) is 0 Å². The number of benzene rings is 2. The molecular formula is C15H14BrNS. The van der Waals surface area contributed by atoms with Crippen LogP contribution in [0.2, 0.25) is 0 Å². The van der Waals surface area contributed by atoms with E-state index >= 15 is 0 Å². The molecule has 2 aromatic carbocycles. The normalized spacial score (nSPS) is 17.9. The van der Waals surface area contributed by atoms with Gasteiger partial charge in [-0.15, -0.1) is 11.8 Å². The predicted octanol–water partition coefficient (Wildman–Crippen LogP) is 4.58. The van der Waals surface area contributed by atoms with E-state index in [0.717, 1.165) is 17.4 Å². The summed E-state index contributed by atoms with van der Waals surface area (Å²) in [6.07, 6.45) is 1.11. The second-order valence-electron chi connectivity index (χ2n) is 4.45. The molecule has 1 aliphatic heterocycles. The van der Waals surface area contributed by atoms with Crippen LogP contribution >= 0.6 is 27.7 Å². The van der Waals surface area contributed by atoms with Crippen molar-refractivity contribution in [2.24, 2.45) is 0 Å². The van der Waals surface area contributed by atoms with E-state index in [2.05, 4.69) is 69.8 Å². The standard InChI is InChI=1S/C15H14BrNS/c16-12-7-5-11(6-8-12)9-13-10-17-14-3-1-2-4-15(14)18-13/h1-8,13,17H,9-10H2. The van der Waals surface area contributed by atoms with Crippen molar-refractivity contribution in [3.05, 3.63) is 58.6 Å². The van der Waals surface area contributed by atoms with E-state index in [1.54, 1.807) is 0 Å². The first-order valence-corrected chi connectivity index (χ1v) is 7.72. The average Bonchev–Trinajstić information content (AvgIpc) is 2.41. The number of thioether (sulfide) groups is 1. The molecule has 1 heterocycles. The molecule has 1 unspecified atom stereocenters. The lowest BCUT2D eigenvalue weighted by atomic mass is 10.1. The second-order valence-corrected chi connectivity index (χ2v) is 6.71. The molecule has 0 aliphatic carbocycles. The zero-order chi connectivity index (χ0) is 12.4. The van der Waals surface area contributed by atoms with Crippen LogP contribution in [0.15, 0.2) is 57.9 Å². The van der Waals surface area contributed by atoms with Crippen molar-refractivity contribution >= 4 is 33.4 Å². The van der Waals surface area contributed by atoms with Gasteiger partial charge >= 0.3 is 0 Å². The van der Waals surface area contributed by atoms with Crippen molar-refractivity contribution in [3.8, 4) is 0 Å². The van der Waals surface area contributed by atoms with Gasteiger partial charge in [0.15, 0.2) is 0 Å². The SMILES string of the molecule is Brc1ccc(CC2CNc3ccccc3S2)cc1. The summed E-state index contributed by atoms with van der Waals surface area (Å²) in [6.45, 7) is 1.04. The maximum atomic E-state index is 3.51. The fourth-order valence-electron chi connectivity index (χ4n) is 2.16. The van der Waals surface area contributed by atoms with Crippen molar-refractivity contribution in [3.63, 3.8) is 0 Å². The third-order valence-electron chi connectivity index (χ3n) is 3.08. The Morgan fingerprint density at radius 2 is 1.89 bits per heavy atom. The molecule has 0 radical (unpaired) electrons. The highest BCUT2D eigenvalue weighted by molar-refractivity contribution is 9.10. The van der Waals surface area contributed by atoms with Crippen LogP contribution in [0.25, 0.3) is 0 Å². The Bertz CT molecular complexity index is 538. The number of anilines is 1. The highest BCUT2D eigenvalue weighted by Crippen LogP contribution is 2.35. The summed E-state index contributed by atoms with van der Waals surface area (Å²) in [6, 6.07) is 17.2. The van der Waals surface area contributed by atoms with Gasteiger partial charge in [0.05, 0.1) is 0 Å². The van der Waals surface area contributed by atoms with Crippen molar-refractivity contribution < 1.29 is 0 Å². The van der Waals surface area contributed by atoms with E-state index in [1.807, 2.05) is 11.8 Å². The monoisotopic (exact) mass is 319 g/mol. The molecule has 0 amide bonds. The van der Waals surface area contributed by atoms with Gasteiger partial charge < -0.3 is 5.32 Å². The molecule has 1 atom stereocenters. The van der Waals surface area contributed by atoms with Gasteiger partial charge in [0.2, 0.25) is 0 Å². The van der Waals surface area contributed by atoms with Crippen LogP contribution in [0.4, 0.5) is 5.69 Å². The molecule has 0 aromatic heterocycles. The molecule has 2 aromatic rings. The Balaban J connectivity index is 1.71. The minimum Gasteiger partial charge on any atom is -0.383 e. The molecule has 1 N–H and O–H groups in total. The smallest absolute Gasteiger partial charge is 0.0478 e. The lowest BCUT2D eigenvalue weighted by Crippen LogP contribution is -2.23. The Morgan fingerprint density at radius 3 is 2.72 bits per heavy atom. The molecule has 3 heteroatoms. The second kappa shape index (κ2) is 5.37. The fourth-order valence-corrected chi connectivity index (χ4v) is 3.65. The Hall–Kier alpha value is -0.930. The maximum Gasteiger partial charge on any atom is 0.0478 e. The van der Waals surface area contributed by atoms with E-state index in [0.29, 0.717) is 5.25 Å². The molecule has 0 fully saturated rings. The van der Waals surface area contributed by atoms with E-state index in [4.69, 9.17) is 0 Å². The van der Waals surface area contributed by atoms with Crippen LogP contribution in [0.5, 0.6) is 0 Å². The molecule has 1 nitrogen and oxygen atoms in total. The van der Waals surface area contributed by atoms with E-state index in [-0.39, 0.29) is 0 Å². The highest BCUT2D eigenvalue weighted by Gasteiger charge is 2.18. The zero-order valence-corrected chi connectivity index (χ0v) is 12.3. The first-order chi connectivity index (χ1) is 8.81. The third-order valence-corrected chi connectivity index (χ3v) is 4.88. The van der Waals surface area contributed by atoms with Gasteiger partial charge in [-0.05, 0) is 36.2 Å². The number of hydrogen-bond donors (Lipinski definition) is 1. The Kier molecular flexibility index (Phi) is 3.62. The van der Waals surface area contributed by atoms with Crippen LogP contribution in [0, 0.1) is 0 Å². The van der Waals surface area contributed by atoms with Gasteiger partial charge in [-0.25, -0.2) is 0 Å². The van der Waals surface area contributed by atoms with Crippen LogP contribution in [0.1, 0.15) is 5.56 Å². The molecule has 3 rings (SSSR count). The number of hydrogen-bond acceptors (Lipinski definition) is 2. The number of fused-ring (bicyclic) bond motifs is 1. The maximum absolute atomic E-state index is 3.51. The van der Waals surface area contributed by atoms with E-state index in [9.17, 15) is 0 Å². The van der Waals surface area contributed by atoms with Crippen LogP contribution < -0.4 is 5.32 Å². The zero-order valence-electron chi connectivity index (χ0n) is 9.90. The van der Waals surface area contributed by atoms with Gasteiger partial charge in [-0.1, -0.05) is 40.2 Å². The molecule has 1 aliphatic rings. The lowest BCUT2D eigenvalue weighted by Gasteiger charge is -2.25. The quantitative estimate of drug-likeness (QED) is 0.869. The van der Waals surface area contributed by atoms with Crippen molar-refractivity contribution in [1.29, 1.82) is 0 Å². The van der Waals surface area contributed by atoms with Gasteiger partial charge in [0.1, 0.15) is 0 Å². The summed E-state index contributed by atoms with van der Waals surface area (Å²) in [5, 5.41) is 4.13. The minimum atomic E-state index is 0.612. The van der Waals surface area contributed by atoms with Crippen molar-refractivity contribution in [2.75, 3.05) is 11.9 Å². The van der Waals surface area contributed by atoms with Crippen LogP contribution in [-0.4, -0.2) is 11.8 Å². The summed E-state index contributed by atoms with van der Waals surface area (Å²) in [5.74, 6) is 0. The third kappa shape index (κ3) is 2.73. The number of halogens is 1. The van der Waals surface area contributed by atoms with Gasteiger partial charge in [0.25, 0.3) is 0 Å². The molecule has 0 spiro atoms. The number of para-hydroxylation sites is 1. The summed E-state index contributed by atoms with van der Waals surface area (Å²) in [5.41, 5.74) is 2.67. The van der Waals surface area contributed by atoms with Gasteiger partial charge in [0, 0.05) is 26.9 Å². The fraction of sp³-hybridized carbons (Fsp3) is 0.200. The predicted molar refractivity (Wildman–Crippen MR) is 82.4 cm³/mol. The Labute approximate surface area is 120 Å². The highest BCUT2D eigenvalue weighted by atomic mass is 79.9. The molecule has 0 bridgehead atoms. The van der Waals surface area contributed by atoms with Crippen molar-refractivity contribution in [1.82, 2.24) is 0 Å². The Morgan fingerprint density at radius 1 is 1.11 bits per heavy atom. The first-order valence-electron chi connectivity index (χ1n) is 6.05. The summed E-state index contributed by atoms with van der Waals surface area (Å²) >= 11 is 5.46. The molecule has 92 valence electrons. The van der Waals surface area contributed by atoms with E-state index < -0.39 is 0 Å². The van der Waals surface area contributed by atoms with Crippen molar-refractivity contribution in [2.45, 2.75) is 16.6 Å². The number of nitrogens with one attached hydrogen (secondary N) is 1. The molecule has 0 saturated carbocycles. The summed E-state index contributed by atoms with van der Waals surface area (Å²) in [4.78, 5) is 1.37. The largest absolute Gasteiger partial charge is 0.383 e. The lowest BCUT2D eigenvalue weighted by molar-refractivity contribution is 0.869. The number of rotatable bonds is 2. The molecule has 0 saturated heterocycles. The minimum absolute atomic E-state index is 0.612. The van der Waals surface area contributed by atoms with E-state index in [1.165, 1.54) is 16.1 Å². The summed E-state index contributed by atoms with van der Waals surface area (Å²) in [7, 11) is 0. The molecule has 18 heavy (non-hydrogen) atoms. The van der Waals surface area contributed by atoms with Gasteiger partial charge in [-0.3, -0.25) is 0 Å². The van der Waals surface area contributed by atoms with Gasteiger partial charge in [-0.2, -0.15) is 0 Å².